The van der Waals surface area contributed by atoms with E-state index in [4.69, 9.17) is 5.11 Å². The van der Waals surface area contributed by atoms with Crippen LogP contribution in [-0.2, 0) is 11.8 Å². The zero-order valence-corrected chi connectivity index (χ0v) is 11.0. The van der Waals surface area contributed by atoms with Crippen molar-refractivity contribution in [1.82, 2.24) is 9.55 Å². The van der Waals surface area contributed by atoms with Gasteiger partial charge < -0.3 is 9.67 Å². The first-order chi connectivity index (χ1) is 7.99. The van der Waals surface area contributed by atoms with Gasteiger partial charge in [-0.2, -0.15) is 0 Å². The molecule has 1 heterocycles. The van der Waals surface area contributed by atoms with E-state index in [1.165, 1.54) is 6.08 Å². The lowest BCUT2D eigenvalue weighted by Gasteiger charge is -2.00. The summed E-state index contributed by atoms with van der Waals surface area (Å²) in [6, 6.07) is 3.98. The molecule has 0 fully saturated rings. The van der Waals surface area contributed by atoms with Crippen LogP contribution in [0.4, 0.5) is 0 Å². The molecule has 17 heavy (non-hydrogen) atoms. The molecule has 88 valence electrons. The molecule has 0 saturated heterocycles. The number of nitrogens with zero attached hydrogens (tertiary/aromatic N) is 2. The standard InChI is InChI=1S/C12H11BrN2O2/c1-7-5-8(13)12-9(6-7)14-10(15(12)2)3-4-11(16)17/h3-6H,1-2H3,(H,16,17)/b4-3+. The molecular formula is C12H11BrN2O2. The summed E-state index contributed by atoms with van der Waals surface area (Å²) in [7, 11) is 1.86. The first kappa shape index (κ1) is 11.9. The van der Waals surface area contributed by atoms with Gasteiger partial charge in [-0.3, -0.25) is 0 Å². The summed E-state index contributed by atoms with van der Waals surface area (Å²) in [5, 5.41) is 8.61. The molecule has 0 spiro atoms. The van der Waals surface area contributed by atoms with Crippen LogP contribution in [0.3, 0.4) is 0 Å². The summed E-state index contributed by atoms with van der Waals surface area (Å²) in [4.78, 5) is 14.9. The molecule has 0 aliphatic carbocycles. The van der Waals surface area contributed by atoms with E-state index in [9.17, 15) is 4.79 Å². The monoisotopic (exact) mass is 294 g/mol. The molecule has 0 amide bonds. The van der Waals surface area contributed by atoms with Gasteiger partial charge in [-0.25, -0.2) is 9.78 Å². The van der Waals surface area contributed by atoms with Crippen molar-refractivity contribution in [3.05, 3.63) is 34.1 Å². The molecule has 0 saturated carbocycles. The van der Waals surface area contributed by atoms with Crippen molar-refractivity contribution in [3.63, 3.8) is 0 Å². The maximum Gasteiger partial charge on any atom is 0.328 e. The minimum absolute atomic E-state index is 0.619. The molecule has 0 unspecified atom stereocenters. The van der Waals surface area contributed by atoms with E-state index in [0.717, 1.165) is 27.1 Å². The fraction of sp³-hybridized carbons (Fsp3) is 0.167. The molecule has 0 radical (unpaired) electrons. The lowest BCUT2D eigenvalue weighted by atomic mass is 10.2. The van der Waals surface area contributed by atoms with Gasteiger partial charge in [0.05, 0.1) is 11.0 Å². The molecule has 2 rings (SSSR count). The number of carboxylic acid groups (broad SMARTS) is 1. The van der Waals surface area contributed by atoms with Crippen molar-refractivity contribution in [3.8, 4) is 0 Å². The van der Waals surface area contributed by atoms with Gasteiger partial charge in [-0.05, 0) is 46.6 Å². The fourth-order valence-corrected chi connectivity index (χ4v) is 2.57. The van der Waals surface area contributed by atoms with E-state index in [2.05, 4.69) is 20.9 Å². The highest BCUT2D eigenvalue weighted by molar-refractivity contribution is 9.10. The number of hydrogen-bond donors (Lipinski definition) is 1. The zero-order chi connectivity index (χ0) is 12.6. The van der Waals surface area contributed by atoms with Crippen molar-refractivity contribution >= 4 is 39.0 Å². The number of fused-ring (bicyclic) bond motifs is 1. The Hall–Kier alpha value is -1.62. The van der Waals surface area contributed by atoms with Crippen molar-refractivity contribution in [1.29, 1.82) is 0 Å². The predicted molar refractivity (Wildman–Crippen MR) is 69.8 cm³/mol. The van der Waals surface area contributed by atoms with Crippen LogP contribution in [0.2, 0.25) is 0 Å². The van der Waals surface area contributed by atoms with Crippen LogP contribution in [0.25, 0.3) is 17.1 Å². The van der Waals surface area contributed by atoms with Crippen molar-refractivity contribution in [2.45, 2.75) is 6.92 Å². The van der Waals surface area contributed by atoms with Crippen LogP contribution < -0.4 is 0 Å². The Kier molecular flexibility index (Phi) is 3.02. The van der Waals surface area contributed by atoms with Crippen molar-refractivity contribution in [2.75, 3.05) is 0 Å². The van der Waals surface area contributed by atoms with Gasteiger partial charge in [-0.15, -0.1) is 0 Å². The average Bonchev–Trinajstić information content (AvgIpc) is 2.52. The van der Waals surface area contributed by atoms with Crippen molar-refractivity contribution < 1.29 is 9.90 Å². The third-order valence-corrected chi connectivity index (χ3v) is 3.08. The molecule has 1 aromatic carbocycles. The molecule has 4 nitrogen and oxygen atoms in total. The summed E-state index contributed by atoms with van der Waals surface area (Å²) in [6.07, 6.45) is 2.58. The van der Waals surface area contributed by atoms with E-state index in [1.807, 2.05) is 30.7 Å². The number of aryl methyl sites for hydroxylation is 2. The van der Waals surface area contributed by atoms with Gasteiger partial charge >= 0.3 is 5.97 Å². The first-order valence-electron chi connectivity index (χ1n) is 5.02. The largest absolute Gasteiger partial charge is 0.478 e. The van der Waals surface area contributed by atoms with E-state index < -0.39 is 5.97 Å². The predicted octanol–water partition coefficient (Wildman–Crippen LogP) is 2.74. The molecule has 1 aromatic heterocycles. The topological polar surface area (TPSA) is 55.1 Å². The molecule has 1 N–H and O–H groups in total. The molecule has 5 heteroatoms. The third-order valence-electron chi connectivity index (χ3n) is 2.48. The molecule has 0 bridgehead atoms. The van der Waals surface area contributed by atoms with Gasteiger partial charge in [0.15, 0.2) is 0 Å². The van der Waals surface area contributed by atoms with E-state index in [-0.39, 0.29) is 0 Å². The van der Waals surface area contributed by atoms with Crippen LogP contribution >= 0.6 is 15.9 Å². The van der Waals surface area contributed by atoms with Crippen LogP contribution in [0.1, 0.15) is 11.4 Å². The van der Waals surface area contributed by atoms with Gasteiger partial charge in [0.25, 0.3) is 0 Å². The zero-order valence-electron chi connectivity index (χ0n) is 9.44. The Morgan fingerprint density at radius 1 is 1.53 bits per heavy atom. The number of hydrogen-bond acceptors (Lipinski definition) is 2. The quantitative estimate of drug-likeness (QED) is 0.867. The highest BCUT2D eigenvalue weighted by Crippen LogP contribution is 2.26. The highest BCUT2D eigenvalue weighted by Gasteiger charge is 2.09. The maximum atomic E-state index is 10.5. The molecule has 0 atom stereocenters. The minimum atomic E-state index is -0.979. The van der Waals surface area contributed by atoms with E-state index in [0.29, 0.717) is 5.82 Å². The smallest absolute Gasteiger partial charge is 0.328 e. The fourth-order valence-electron chi connectivity index (χ4n) is 1.74. The number of benzene rings is 1. The number of halogens is 1. The van der Waals surface area contributed by atoms with E-state index >= 15 is 0 Å². The Bertz CT molecular complexity index is 629. The summed E-state index contributed by atoms with van der Waals surface area (Å²) < 4.78 is 2.82. The maximum absolute atomic E-state index is 10.5. The summed E-state index contributed by atoms with van der Waals surface area (Å²) in [6.45, 7) is 1.99. The van der Waals surface area contributed by atoms with Gasteiger partial charge in [-0.1, -0.05) is 0 Å². The lowest BCUT2D eigenvalue weighted by Crippen LogP contribution is -1.93. The Morgan fingerprint density at radius 3 is 2.88 bits per heavy atom. The third kappa shape index (κ3) is 2.24. The van der Waals surface area contributed by atoms with Crippen LogP contribution in [0.5, 0.6) is 0 Å². The van der Waals surface area contributed by atoms with Crippen LogP contribution in [0.15, 0.2) is 22.7 Å². The first-order valence-corrected chi connectivity index (χ1v) is 5.82. The molecule has 2 aromatic rings. The lowest BCUT2D eigenvalue weighted by molar-refractivity contribution is -0.131. The second-order valence-corrected chi connectivity index (χ2v) is 4.67. The molecule has 0 aliphatic rings. The number of carboxylic acids is 1. The summed E-state index contributed by atoms with van der Waals surface area (Å²) in [5.41, 5.74) is 2.92. The Labute approximate surface area is 107 Å². The normalized spacial score (nSPS) is 11.5. The number of imidazole rings is 1. The second-order valence-electron chi connectivity index (χ2n) is 3.82. The van der Waals surface area contributed by atoms with Crippen LogP contribution in [0, 0.1) is 6.92 Å². The number of rotatable bonds is 2. The molecular weight excluding hydrogens is 284 g/mol. The average molecular weight is 295 g/mol. The van der Waals surface area contributed by atoms with Gasteiger partial charge in [0, 0.05) is 17.6 Å². The van der Waals surface area contributed by atoms with E-state index in [1.54, 1.807) is 0 Å². The van der Waals surface area contributed by atoms with Gasteiger partial charge in [0.2, 0.25) is 0 Å². The van der Waals surface area contributed by atoms with Gasteiger partial charge in [0.1, 0.15) is 5.82 Å². The number of aliphatic carboxylic acids is 1. The SMILES string of the molecule is Cc1cc(Br)c2c(c1)nc(/C=C/C(=O)O)n2C. The Morgan fingerprint density at radius 2 is 2.24 bits per heavy atom. The highest BCUT2D eigenvalue weighted by atomic mass is 79.9. The summed E-state index contributed by atoms with van der Waals surface area (Å²) in [5.74, 6) is -0.360. The van der Waals surface area contributed by atoms with Crippen LogP contribution in [-0.4, -0.2) is 20.6 Å². The minimum Gasteiger partial charge on any atom is -0.478 e. The number of carbonyl (C=O) groups is 1. The summed E-state index contributed by atoms with van der Waals surface area (Å²) >= 11 is 3.49. The number of aromatic nitrogens is 2. The molecule has 0 aliphatic heterocycles. The van der Waals surface area contributed by atoms with Crippen molar-refractivity contribution in [2.24, 2.45) is 7.05 Å². The Balaban J connectivity index is 2.64. The second kappa shape index (κ2) is 4.33.